The van der Waals surface area contributed by atoms with E-state index < -0.39 is 10.0 Å². The van der Waals surface area contributed by atoms with E-state index in [-0.39, 0.29) is 10.8 Å². The lowest BCUT2D eigenvalue weighted by atomic mass is 9.92. The Labute approximate surface area is 161 Å². The highest BCUT2D eigenvalue weighted by atomic mass is 32.2. The van der Waals surface area contributed by atoms with E-state index in [4.69, 9.17) is 4.74 Å². The maximum Gasteiger partial charge on any atom is 0.243 e. The van der Waals surface area contributed by atoms with E-state index in [0.29, 0.717) is 50.4 Å². The molecule has 7 nitrogen and oxygen atoms in total. The van der Waals surface area contributed by atoms with Gasteiger partial charge in [-0.05, 0) is 42.5 Å². The fourth-order valence-electron chi connectivity index (χ4n) is 3.97. The molecule has 2 saturated heterocycles. The zero-order valence-corrected chi connectivity index (χ0v) is 16.9. The van der Waals surface area contributed by atoms with Crippen LogP contribution < -0.4 is 5.32 Å². The molecule has 0 aromatic heterocycles. The second-order valence-corrected chi connectivity index (χ2v) is 9.67. The molecule has 8 heteroatoms. The number of ether oxygens (including phenoxy) is 1. The number of nitrogens with one attached hydrogen (secondary N) is 1. The number of anilines is 1. The van der Waals surface area contributed by atoms with Crippen molar-refractivity contribution in [1.82, 2.24) is 9.21 Å². The Bertz CT molecular complexity index is 735. The fraction of sp³-hybridized carbons (Fsp3) is 0.632. The van der Waals surface area contributed by atoms with Crippen molar-refractivity contribution >= 4 is 21.6 Å². The van der Waals surface area contributed by atoms with Gasteiger partial charge in [0.2, 0.25) is 15.9 Å². The Balaban J connectivity index is 1.58. The highest BCUT2D eigenvalue weighted by Gasteiger charge is 2.26. The summed E-state index contributed by atoms with van der Waals surface area (Å²) in [6, 6.07) is 6.39. The van der Waals surface area contributed by atoms with Crippen LogP contribution in [0.1, 0.15) is 20.3 Å². The second-order valence-electron chi connectivity index (χ2n) is 7.73. The Morgan fingerprint density at radius 1 is 1.11 bits per heavy atom. The molecule has 1 aromatic carbocycles. The van der Waals surface area contributed by atoms with Gasteiger partial charge in [-0.25, -0.2) is 8.42 Å². The van der Waals surface area contributed by atoms with E-state index >= 15 is 0 Å². The SMILES string of the molecule is C[C@H]1C[C@H](C)CN(CC(=O)Nc2ccc(S(=O)(=O)N3CCOCC3)cc2)C1. The van der Waals surface area contributed by atoms with Gasteiger partial charge in [0, 0.05) is 31.9 Å². The molecule has 2 aliphatic heterocycles. The lowest BCUT2D eigenvalue weighted by Gasteiger charge is -2.34. The Morgan fingerprint density at radius 3 is 2.30 bits per heavy atom. The smallest absolute Gasteiger partial charge is 0.243 e. The molecule has 2 heterocycles. The van der Waals surface area contributed by atoms with Gasteiger partial charge in [-0.3, -0.25) is 9.69 Å². The quantitative estimate of drug-likeness (QED) is 0.820. The van der Waals surface area contributed by atoms with Gasteiger partial charge in [0.25, 0.3) is 0 Å². The van der Waals surface area contributed by atoms with E-state index in [9.17, 15) is 13.2 Å². The van der Waals surface area contributed by atoms with Crippen LogP contribution in [0.25, 0.3) is 0 Å². The summed E-state index contributed by atoms with van der Waals surface area (Å²) < 4.78 is 31.9. The molecule has 27 heavy (non-hydrogen) atoms. The average Bonchev–Trinajstić information content (AvgIpc) is 2.62. The van der Waals surface area contributed by atoms with Crippen LogP contribution in [0.4, 0.5) is 5.69 Å². The number of amides is 1. The Kier molecular flexibility index (Phi) is 6.52. The highest BCUT2D eigenvalue weighted by Crippen LogP contribution is 2.21. The van der Waals surface area contributed by atoms with E-state index in [1.807, 2.05) is 0 Å². The first-order valence-corrected chi connectivity index (χ1v) is 11.0. The predicted molar refractivity (Wildman–Crippen MR) is 104 cm³/mol. The van der Waals surface area contributed by atoms with Crippen molar-refractivity contribution < 1.29 is 17.9 Å². The summed E-state index contributed by atoms with van der Waals surface area (Å²) >= 11 is 0. The topological polar surface area (TPSA) is 79.0 Å². The molecule has 2 fully saturated rings. The minimum absolute atomic E-state index is 0.0694. The molecule has 1 amide bonds. The lowest BCUT2D eigenvalue weighted by Crippen LogP contribution is -2.42. The Morgan fingerprint density at radius 2 is 1.70 bits per heavy atom. The number of hydrogen-bond donors (Lipinski definition) is 1. The van der Waals surface area contributed by atoms with Gasteiger partial charge < -0.3 is 10.1 Å². The van der Waals surface area contributed by atoms with Gasteiger partial charge >= 0.3 is 0 Å². The van der Waals surface area contributed by atoms with Crippen LogP contribution >= 0.6 is 0 Å². The summed E-state index contributed by atoms with van der Waals surface area (Å²) in [5.41, 5.74) is 0.610. The number of hydrogen-bond acceptors (Lipinski definition) is 5. The average molecular weight is 396 g/mol. The first-order valence-electron chi connectivity index (χ1n) is 9.55. The maximum atomic E-state index is 12.6. The van der Waals surface area contributed by atoms with E-state index in [2.05, 4.69) is 24.1 Å². The molecular weight excluding hydrogens is 366 g/mol. The number of carbonyl (C=O) groups is 1. The third-order valence-electron chi connectivity index (χ3n) is 5.06. The zero-order valence-electron chi connectivity index (χ0n) is 16.1. The lowest BCUT2D eigenvalue weighted by molar-refractivity contribution is -0.117. The predicted octanol–water partition coefficient (Wildman–Crippen LogP) is 1.62. The van der Waals surface area contributed by atoms with Gasteiger partial charge in [-0.2, -0.15) is 4.31 Å². The number of nitrogens with zero attached hydrogens (tertiary/aromatic N) is 2. The minimum atomic E-state index is -3.51. The van der Waals surface area contributed by atoms with Gasteiger partial charge in [0.1, 0.15) is 0 Å². The molecule has 0 aliphatic carbocycles. The van der Waals surface area contributed by atoms with Crippen molar-refractivity contribution in [3.8, 4) is 0 Å². The van der Waals surface area contributed by atoms with Gasteiger partial charge in [-0.1, -0.05) is 13.8 Å². The zero-order chi connectivity index (χ0) is 19.4. The molecule has 0 spiro atoms. The largest absolute Gasteiger partial charge is 0.379 e. The molecule has 0 saturated carbocycles. The normalized spacial score (nSPS) is 25.3. The summed E-state index contributed by atoms with van der Waals surface area (Å²) in [6.07, 6.45) is 1.21. The van der Waals surface area contributed by atoms with Crippen molar-refractivity contribution in [2.24, 2.45) is 11.8 Å². The monoisotopic (exact) mass is 395 g/mol. The van der Waals surface area contributed by atoms with Crippen molar-refractivity contribution in [3.63, 3.8) is 0 Å². The minimum Gasteiger partial charge on any atom is -0.379 e. The number of sulfonamides is 1. The molecule has 150 valence electrons. The van der Waals surface area contributed by atoms with Crippen LogP contribution in [-0.4, -0.2) is 69.5 Å². The van der Waals surface area contributed by atoms with Gasteiger partial charge in [0.05, 0.1) is 24.7 Å². The summed E-state index contributed by atoms with van der Waals surface area (Å²) in [4.78, 5) is 14.8. The molecule has 3 rings (SSSR count). The van der Waals surface area contributed by atoms with Crippen LogP contribution in [0.3, 0.4) is 0 Å². The first-order chi connectivity index (χ1) is 12.8. The van der Waals surface area contributed by atoms with E-state index in [0.717, 1.165) is 13.1 Å². The van der Waals surface area contributed by atoms with Crippen LogP contribution in [0.5, 0.6) is 0 Å². The summed E-state index contributed by atoms with van der Waals surface area (Å²) in [5.74, 6) is 1.14. The Hall–Kier alpha value is -1.48. The van der Waals surface area contributed by atoms with Crippen LogP contribution in [0.15, 0.2) is 29.2 Å². The molecule has 0 unspecified atom stereocenters. The number of rotatable bonds is 5. The maximum absolute atomic E-state index is 12.6. The number of carbonyl (C=O) groups excluding carboxylic acids is 1. The van der Waals surface area contributed by atoms with Crippen molar-refractivity contribution in [1.29, 1.82) is 0 Å². The molecule has 2 atom stereocenters. The third-order valence-corrected chi connectivity index (χ3v) is 6.97. The van der Waals surface area contributed by atoms with E-state index in [1.54, 1.807) is 24.3 Å². The summed E-state index contributed by atoms with van der Waals surface area (Å²) in [6.45, 7) is 8.25. The van der Waals surface area contributed by atoms with Crippen LogP contribution in [-0.2, 0) is 19.6 Å². The molecule has 1 aromatic rings. The second kappa shape index (κ2) is 8.68. The highest BCUT2D eigenvalue weighted by molar-refractivity contribution is 7.89. The number of benzene rings is 1. The summed E-state index contributed by atoms with van der Waals surface area (Å²) in [7, 11) is -3.51. The molecular formula is C19H29N3O4S. The van der Waals surface area contributed by atoms with Gasteiger partial charge in [0.15, 0.2) is 0 Å². The standard InChI is InChI=1S/C19H29N3O4S/c1-15-11-16(2)13-21(12-15)14-19(23)20-17-3-5-18(6-4-17)27(24,25)22-7-9-26-10-8-22/h3-6,15-16H,7-14H2,1-2H3,(H,20,23)/t15-,16-/m0/s1. The third kappa shape index (κ3) is 5.28. The summed E-state index contributed by atoms with van der Waals surface area (Å²) in [5, 5.41) is 2.87. The van der Waals surface area contributed by atoms with Gasteiger partial charge in [-0.15, -0.1) is 0 Å². The number of likely N-dealkylation sites (tertiary alicyclic amines) is 1. The molecule has 0 bridgehead atoms. The fourth-order valence-corrected chi connectivity index (χ4v) is 5.38. The first kappa shape index (κ1) is 20.3. The number of piperidine rings is 1. The molecule has 2 aliphatic rings. The molecule has 0 radical (unpaired) electrons. The van der Waals surface area contributed by atoms with Crippen molar-refractivity contribution in [3.05, 3.63) is 24.3 Å². The molecule has 1 N–H and O–H groups in total. The van der Waals surface area contributed by atoms with Crippen LogP contribution in [0, 0.1) is 11.8 Å². The van der Waals surface area contributed by atoms with E-state index in [1.165, 1.54) is 10.7 Å². The van der Waals surface area contributed by atoms with Crippen molar-refractivity contribution in [2.45, 2.75) is 25.2 Å². The number of morpholine rings is 1. The van der Waals surface area contributed by atoms with Crippen LogP contribution in [0.2, 0.25) is 0 Å². The van der Waals surface area contributed by atoms with Crippen molar-refractivity contribution in [2.75, 3.05) is 51.3 Å².